The van der Waals surface area contributed by atoms with Crippen molar-refractivity contribution >= 4 is 11.4 Å². The molecule has 112 valence electrons. The van der Waals surface area contributed by atoms with Gasteiger partial charge < -0.3 is 10.6 Å². The average molecular weight is 292 g/mol. The molecule has 3 rings (SSSR count). The third-order valence-electron chi connectivity index (χ3n) is 3.68. The standard InChI is InChI=1S/C18H20N4/c1-2-15-12-20-16-10-6-7-11-17(16)21-18(15)22(19)13-14-8-4-3-5-9-14/h2-11,20-21H,1,12-13,19H2. The van der Waals surface area contributed by atoms with Crippen LogP contribution in [-0.2, 0) is 6.54 Å². The normalized spacial score (nSPS) is 13.5. The number of para-hydroxylation sites is 2. The third kappa shape index (κ3) is 2.97. The highest BCUT2D eigenvalue weighted by Crippen LogP contribution is 2.27. The van der Waals surface area contributed by atoms with Crippen LogP contribution in [0.25, 0.3) is 0 Å². The van der Waals surface area contributed by atoms with E-state index in [1.54, 1.807) is 5.01 Å². The smallest absolute Gasteiger partial charge is 0.125 e. The van der Waals surface area contributed by atoms with Crippen LogP contribution in [0, 0.1) is 0 Å². The zero-order valence-electron chi connectivity index (χ0n) is 12.4. The molecule has 0 radical (unpaired) electrons. The number of nitrogens with two attached hydrogens (primary N) is 1. The van der Waals surface area contributed by atoms with Crippen molar-refractivity contribution in [3.8, 4) is 0 Å². The Kier molecular flexibility index (Phi) is 4.12. The van der Waals surface area contributed by atoms with Gasteiger partial charge in [0.05, 0.1) is 17.9 Å². The summed E-state index contributed by atoms with van der Waals surface area (Å²) in [6.45, 7) is 5.22. The van der Waals surface area contributed by atoms with Crippen LogP contribution < -0.4 is 16.5 Å². The quantitative estimate of drug-likeness (QED) is 0.598. The van der Waals surface area contributed by atoms with Crippen LogP contribution in [0.3, 0.4) is 0 Å². The molecule has 1 heterocycles. The molecule has 0 unspecified atom stereocenters. The highest BCUT2D eigenvalue weighted by molar-refractivity contribution is 5.72. The Morgan fingerprint density at radius 1 is 1.05 bits per heavy atom. The number of hydrogen-bond donors (Lipinski definition) is 3. The van der Waals surface area contributed by atoms with Crippen LogP contribution in [-0.4, -0.2) is 11.6 Å². The molecule has 0 saturated carbocycles. The third-order valence-corrected chi connectivity index (χ3v) is 3.68. The number of nitrogens with one attached hydrogen (secondary N) is 2. The number of nitrogens with zero attached hydrogens (tertiary/aromatic N) is 1. The molecule has 0 spiro atoms. The molecule has 0 atom stereocenters. The molecule has 4 nitrogen and oxygen atoms in total. The Morgan fingerprint density at radius 2 is 1.73 bits per heavy atom. The van der Waals surface area contributed by atoms with Crippen molar-refractivity contribution in [2.24, 2.45) is 5.84 Å². The molecule has 0 aliphatic carbocycles. The van der Waals surface area contributed by atoms with Gasteiger partial charge in [-0.25, -0.2) is 5.84 Å². The highest BCUT2D eigenvalue weighted by Gasteiger charge is 2.16. The Bertz CT molecular complexity index is 691. The number of hydrazine groups is 1. The van der Waals surface area contributed by atoms with E-state index in [0.29, 0.717) is 13.1 Å². The topological polar surface area (TPSA) is 53.3 Å². The fraction of sp³-hybridized carbons (Fsp3) is 0.111. The van der Waals surface area contributed by atoms with Gasteiger partial charge in [0.15, 0.2) is 0 Å². The Balaban J connectivity index is 1.88. The Hall–Kier alpha value is -2.72. The van der Waals surface area contributed by atoms with Gasteiger partial charge in [-0.15, -0.1) is 0 Å². The minimum Gasteiger partial charge on any atom is -0.379 e. The molecular weight excluding hydrogens is 272 g/mol. The second-order valence-corrected chi connectivity index (χ2v) is 5.22. The molecule has 0 fully saturated rings. The molecular formula is C18H20N4. The predicted octanol–water partition coefficient (Wildman–Crippen LogP) is 3.30. The fourth-order valence-corrected chi connectivity index (χ4v) is 2.51. The van der Waals surface area contributed by atoms with Crippen LogP contribution in [0.4, 0.5) is 11.4 Å². The fourth-order valence-electron chi connectivity index (χ4n) is 2.51. The summed E-state index contributed by atoms with van der Waals surface area (Å²) in [7, 11) is 0. The van der Waals surface area contributed by atoms with Gasteiger partial charge in [-0.2, -0.15) is 0 Å². The van der Waals surface area contributed by atoms with Crippen molar-refractivity contribution in [3.63, 3.8) is 0 Å². The average Bonchev–Trinajstić information content (AvgIpc) is 2.75. The summed E-state index contributed by atoms with van der Waals surface area (Å²) in [5, 5.41) is 8.56. The zero-order chi connectivity index (χ0) is 15.4. The molecule has 0 amide bonds. The molecule has 0 aromatic heterocycles. The number of rotatable bonds is 4. The lowest BCUT2D eigenvalue weighted by Gasteiger charge is -2.24. The van der Waals surface area contributed by atoms with E-state index in [4.69, 9.17) is 5.84 Å². The molecule has 2 aromatic carbocycles. The van der Waals surface area contributed by atoms with Crippen LogP contribution in [0.5, 0.6) is 0 Å². The van der Waals surface area contributed by atoms with Gasteiger partial charge in [-0.05, 0) is 17.7 Å². The first-order valence-electron chi connectivity index (χ1n) is 7.29. The van der Waals surface area contributed by atoms with Gasteiger partial charge in [0.2, 0.25) is 0 Å². The predicted molar refractivity (Wildman–Crippen MR) is 91.9 cm³/mol. The summed E-state index contributed by atoms with van der Waals surface area (Å²) >= 11 is 0. The number of benzene rings is 2. The lowest BCUT2D eigenvalue weighted by atomic mass is 10.2. The summed E-state index contributed by atoms with van der Waals surface area (Å²) in [6.07, 6.45) is 1.84. The summed E-state index contributed by atoms with van der Waals surface area (Å²) in [5.41, 5.74) is 4.27. The summed E-state index contributed by atoms with van der Waals surface area (Å²) in [6, 6.07) is 18.3. The van der Waals surface area contributed by atoms with E-state index in [9.17, 15) is 0 Å². The van der Waals surface area contributed by atoms with E-state index in [-0.39, 0.29) is 0 Å². The first-order valence-corrected chi connectivity index (χ1v) is 7.29. The van der Waals surface area contributed by atoms with Crippen molar-refractivity contribution in [1.82, 2.24) is 5.01 Å². The van der Waals surface area contributed by atoms with Gasteiger partial charge in [0, 0.05) is 12.1 Å². The molecule has 22 heavy (non-hydrogen) atoms. The van der Waals surface area contributed by atoms with E-state index in [2.05, 4.69) is 29.3 Å². The first kappa shape index (κ1) is 14.2. The molecule has 2 aromatic rings. The second kappa shape index (κ2) is 6.37. The highest BCUT2D eigenvalue weighted by atomic mass is 15.5. The Morgan fingerprint density at radius 3 is 2.45 bits per heavy atom. The monoisotopic (exact) mass is 292 g/mol. The van der Waals surface area contributed by atoms with Crippen LogP contribution >= 0.6 is 0 Å². The first-order chi connectivity index (χ1) is 10.8. The molecule has 4 N–H and O–H groups in total. The maximum absolute atomic E-state index is 6.31. The van der Waals surface area contributed by atoms with E-state index in [0.717, 1.165) is 28.3 Å². The summed E-state index contributed by atoms with van der Waals surface area (Å²) in [4.78, 5) is 0. The van der Waals surface area contributed by atoms with Crippen molar-refractivity contribution in [2.75, 3.05) is 17.2 Å². The summed E-state index contributed by atoms with van der Waals surface area (Å²) in [5.74, 6) is 7.18. The minimum atomic E-state index is 0.628. The minimum absolute atomic E-state index is 0.628. The lowest BCUT2D eigenvalue weighted by Crippen LogP contribution is -2.34. The van der Waals surface area contributed by atoms with Gasteiger partial charge in [0.25, 0.3) is 0 Å². The van der Waals surface area contributed by atoms with Crippen molar-refractivity contribution in [2.45, 2.75) is 6.54 Å². The van der Waals surface area contributed by atoms with Crippen LogP contribution in [0.15, 0.2) is 78.6 Å². The number of hydrogen-bond acceptors (Lipinski definition) is 4. The van der Waals surface area contributed by atoms with Gasteiger partial charge in [-0.1, -0.05) is 55.1 Å². The molecule has 1 aliphatic rings. The van der Waals surface area contributed by atoms with Gasteiger partial charge >= 0.3 is 0 Å². The van der Waals surface area contributed by atoms with E-state index in [1.165, 1.54) is 0 Å². The maximum atomic E-state index is 6.31. The lowest BCUT2D eigenvalue weighted by molar-refractivity contribution is 0.353. The van der Waals surface area contributed by atoms with Crippen LogP contribution in [0.1, 0.15) is 5.56 Å². The van der Waals surface area contributed by atoms with Crippen molar-refractivity contribution in [1.29, 1.82) is 0 Å². The Labute approximate surface area is 130 Å². The van der Waals surface area contributed by atoms with E-state index in [1.807, 2.05) is 48.5 Å². The van der Waals surface area contributed by atoms with Crippen molar-refractivity contribution in [3.05, 3.63) is 84.2 Å². The van der Waals surface area contributed by atoms with Crippen LogP contribution in [0.2, 0.25) is 0 Å². The maximum Gasteiger partial charge on any atom is 0.125 e. The SMILES string of the molecule is C=CC1=C(N(N)Cc2ccccc2)Nc2ccccc2NC1. The van der Waals surface area contributed by atoms with E-state index >= 15 is 0 Å². The molecule has 0 saturated heterocycles. The van der Waals surface area contributed by atoms with Gasteiger partial charge in [0.1, 0.15) is 5.82 Å². The largest absolute Gasteiger partial charge is 0.379 e. The number of fused-ring (bicyclic) bond motifs is 1. The molecule has 4 heteroatoms. The molecule has 0 bridgehead atoms. The molecule has 1 aliphatic heterocycles. The second-order valence-electron chi connectivity index (χ2n) is 5.22. The summed E-state index contributed by atoms with van der Waals surface area (Å²) < 4.78 is 0. The number of anilines is 2. The van der Waals surface area contributed by atoms with Crippen molar-refractivity contribution < 1.29 is 0 Å². The zero-order valence-corrected chi connectivity index (χ0v) is 12.4. The van der Waals surface area contributed by atoms with Gasteiger partial charge in [-0.3, -0.25) is 5.01 Å². The van der Waals surface area contributed by atoms with E-state index < -0.39 is 0 Å².